The van der Waals surface area contributed by atoms with Crippen LogP contribution in [0.3, 0.4) is 0 Å². The number of hydrogen-bond acceptors (Lipinski definition) is 5. The Balaban J connectivity index is 1.58. The van der Waals surface area contributed by atoms with E-state index in [1.165, 1.54) is 6.92 Å². The lowest BCUT2D eigenvalue weighted by Crippen LogP contribution is -2.33. The number of anilines is 1. The number of nitrogens with one attached hydrogen (secondary N) is 1. The van der Waals surface area contributed by atoms with Gasteiger partial charge in [-0.25, -0.2) is 9.78 Å². The molecule has 1 atom stereocenters. The number of carbonyl (C=O) groups is 2. The van der Waals surface area contributed by atoms with Gasteiger partial charge >= 0.3 is 6.09 Å². The summed E-state index contributed by atoms with van der Waals surface area (Å²) in [5, 5.41) is 2.67. The Hall–Kier alpha value is -2.87. The quantitative estimate of drug-likeness (QED) is 0.910. The van der Waals surface area contributed by atoms with Gasteiger partial charge in [-0.2, -0.15) is 0 Å². The van der Waals surface area contributed by atoms with Gasteiger partial charge < -0.3 is 19.4 Å². The lowest BCUT2D eigenvalue weighted by atomic mass is 10.1. The van der Waals surface area contributed by atoms with Crippen LogP contribution < -0.4 is 10.2 Å². The largest absolute Gasteiger partial charge is 0.442 e. The first-order valence-corrected chi connectivity index (χ1v) is 8.07. The van der Waals surface area contributed by atoms with Gasteiger partial charge in [0.25, 0.3) is 0 Å². The third-order valence-corrected chi connectivity index (χ3v) is 4.29. The van der Waals surface area contributed by atoms with E-state index in [4.69, 9.17) is 9.47 Å². The maximum absolute atomic E-state index is 12.2. The molecule has 1 aromatic carbocycles. The summed E-state index contributed by atoms with van der Waals surface area (Å²) < 4.78 is 13.0. The molecular weight excluding hydrogens is 324 g/mol. The van der Waals surface area contributed by atoms with E-state index in [1.807, 2.05) is 29.0 Å². The summed E-state index contributed by atoms with van der Waals surface area (Å²) in [6, 6.07) is 5.78. The molecule has 1 saturated heterocycles. The summed E-state index contributed by atoms with van der Waals surface area (Å²) in [6.07, 6.45) is 2.88. The van der Waals surface area contributed by atoms with Gasteiger partial charge in [0.1, 0.15) is 18.5 Å². The minimum atomic E-state index is -0.409. The van der Waals surface area contributed by atoms with Crippen LogP contribution in [0.1, 0.15) is 18.3 Å². The van der Waals surface area contributed by atoms with Crippen molar-refractivity contribution in [2.24, 2.45) is 0 Å². The van der Waals surface area contributed by atoms with Gasteiger partial charge in [-0.1, -0.05) is 0 Å². The Labute approximate surface area is 144 Å². The third kappa shape index (κ3) is 2.96. The molecule has 130 valence electrons. The minimum absolute atomic E-state index is 0.146. The molecule has 2 aliphatic rings. The molecule has 0 bridgehead atoms. The van der Waals surface area contributed by atoms with Crippen LogP contribution in [0, 0.1) is 0 Å². The van der Waals surface area contributed by atoms with Gasteiger partial charge in [-0.15, -0.1) is 0 Å². The predicted octanol–water partition coefficient (Wildman–Crippen LogP) is 1.36. The van der Waals surface area contributed by atoms with E-state index < -0.39 is 6.09 Å². The van der Waals surface area contributed by atoms with Gasteiger partial charge in [0.05, 0.1) is 25.4 Å². The number of aromatic nitrogens is 2. The smallest absolute Gasteiger partial charge is 0.414 e. The standard InChI is InChI=1S/C17H18N4O4/c1-11(22)19-7-14-8-21(17(23)25-14)13-2-3-15-12(6-13)9-24-10-16-18-4-5-20(15)16/h2-6,14H,7-10H2,1H3,(H,19,22)/t14-/m0/s1. The van der Waals surface area contributed by atoms with Crippen molar-refractivity contribution in [3.05, 3.63) is 42.0 Å². The highest BCUT2D eigenvalue weighted by atomic mass is 16.6. The van der Waals surface area contributed by atoms with Crippen molar-refractivity contribution in [3.63, 3.8) is 0 Å². The number of nitrogens with zero attached hydrogens (tertiary/aromatic N) is 3. The van der Waals surface area contributed by atoms with E-state index in [9.17, 15) is 9.59 Å². The summed E-state index contributed by atoms with van der Waals surface area (Å²) >= 11 is 0. The Morgan fingerprint density at radius 3 is 3.12 bits per heavy atom. The fourth-order valence-electron chi connectivity index (χ4n) is 3.10. The van der Waals surface area contributed by atoms with Gasteiger partial charge in [0.2, 0.25) is 5.91 Å². The predicted molar refractivity (Wildman–Crippen MR) is 88.4 cm³/mol. The molecule has 0 aliphatic carbocycles. The Kier molecular flexibility index (Phi) is 3.89. The zero-order valence-corrected chi connectivity index (χ0v) is 13.8. The van der Waals surface area contributed by atoms with E-state index in [0.29, 0.717) is 26.3 Å². The summed E-state index contributed by atoms with van der Waals surface area (Å²) in [7, 11) is 0. The second-order valence-corrected chi connectivity index (χ2v) is 6.07. The van der Waals surface area contributed by atoms with Crippen LogP contribution in [0.25, 0.3) is 5.69 Å². The Morgan fingerprint density at radius 2 is 2.28 bits per heavy atom. The van der Waals surface area contributed by atoms with Crippen molar-refractivity contribution in [3.8, 4) is 5.69 Å². The second-order valence-electron chi connectivity index (χ2n) is 6.07. The highest BCUT2D eigenvalue weighted by Gasteiger charge is 2.32. The first-order chi connectivity index (χ1) is 12.1. The van der Waals surface area contributed by atoms with Crippen LogP contribution in [-0.4, -0.2) is 40.7 Å². The maximum atomic E-state index is 12.2. The van der Waals surface area contributed by atoms with Crippen LogP contribution in [0.2, 0.25) is 0 Å². The molecule has 0 radical (unpaired) electrons. The first kappa shape index (κ1) is 15.6. The molecule has 2 aromatic rings. The summed E-state index contributed by atoms with van der Waals surface area (Å²) in [5.74, 6) is 0.704. The van der Waals surface area contributed by atoms with Crippen molar-refractivity contribution in [2.45, 2.75) is 26.2 Å². The van der Waals surface area contributed by atoms with Crippen molar-refractivity contribution >= 4 is 17.7 Å². The molecule has 1 N–H and O–H groups in total. The fraction of sp³-hybridized carbons (Fsp3) is 0.353. The average molecular weight is 342 g/mol. The first-order valence-electron chi connectivity index (χ1n) is 8.07. The molecule has 25 heavy (non-hydrogen) atoms. The van der Waals surface area contributed by atoms with Crippen molar-refractivity contribution in [1.82, 2.24) is 14.9 Å². The number of carbonyl (C=O) groups excluding carboxylic acids is 2. The van der Waals surface area contributed by atoms with Crippen LogP contribution >= 0.6 is 0 Å². The molecule has 3 heterocycles. The van der Waals surface area contributed by atoms with Crippen LogP contribution in [0.5, 0.6) is 0 Å². The third-order valence-electron chi connectivity index (χ3n) is 4.29. The van der Waals surface area contributed by atoms with Crippen LogP contribution in [-0.2, 0) is 27.5 Å². The normalized spacial score (nSPS) is 19.0. The molecule has 4 rings (SSSR count). The summed E-state index contributed by atoms with van der Waals surface area (Å²) in [6.45, 7) is 3.04. The molecule has 8 heteroatoms. The van der Waals surface area contributed by atoms with E-state index >= 15 is 0 Å². The number of amides is 2. The zero-order valence-electron chi connectivity index (χ0n) is 13.8. The lowest BCUT2D eigenvalue weighted by Gasteiger charge is -2.16. The molecule has 0 unspecified atom stereocenters. The Bertz CT molecular complexity index is 832. The molecular formula is C17H18N4O4. The molecule has 0 saturated carbocycles. The van der Waals surface area contributed by atoms with E-state index in [-0.39, 0.29) is 12.0 Å². The monoisotopic (exact) mass is 342 g/mol. The van der Waals surface area contributed by atoms with Crippen LogP contribution in [0.4, 0.5) is 10.5 Å². The number of imidazole rings is 1. The van der Waals surface area contributed by atoms with Gasteiger partial charge in [-0.3, -0.25) is 9.69 Å². The SMILES string of the molecule is CC(=O)NC[C@H]1CN(c2ccc3c(c2)COCc2nccn2-3)C(=O)O1. The van der Waals surface area contributed by atoms with E-state index in [2.05, 4.69) is 10.3 Å². The summed E-state index contributed by atoms with van der Waals surface area (Å²) in [5.41, 5.74) is 2.73. The Morgan fingerprint density at radius 1 is 1.40 bits per heavy atom. The second kappa shape index (κ2) is 6.21. The van der Waals surface area contributed by atoms with Gasteiger partial charge in [0.15, 0.2) is 0 Å². The lowest BCUT2D eigenvalue weighted by molar-refractivity contribution is -0.119. The zero-order chi connectivity index (χ0) is 17.4. The number of cyclic esters (lactones) is 1. The average Bonchev–Trinajstić information content (AvgIpc) is 3.15. The highest BCUT2D eigenvalue weighted by molar-refractivity contribution is 5.90. The number of hydrogen-bond donors (Lipinski definition) is 1. The van der Waals surface area contributed by atoms with Gasteiger partial charge in [-0.05, 0) is 18.2 Å². The van der Waals surface area contributed by atoms with Crippen molar-refractivity contribution in [1.29, 1.82) is 0 Å². The highest BCUT2D eigenvalue weighted by Crippen LogP contribution is 2.29. The maximum Gasteiger partial charge on any atom is 0.414 e. The van der Waals surface area contributed by atoms with E-state index in [0.717, 1.165) is 22.8 Å². The van der Waals surface area contributed by atoms with Crippen molar-refractivity contribution < 1.29 is 19.1 Å². The number of benzene rings is 1. The topological polar surface area (TPSA) is 85.7 Å². The molecule has 1 aromatic heterocycles. The molecule has 2 amide bonds. The number of fused-ring (bicyclic) bond motifs is 3. The van der Waals surface area contributed by atoms with Crippen molar-refractivity contribution in [2.75, 3.05) is 18.0 Å². The molecule has 8 nitrogen and oxygen atoms in total. The minimum Gasteiger partial charge on any atom is -0.442 e. The fourth-order valence-corrected chi connectivity index (χ4v) is 3.10. The van der Waals surface area contributed by atoms with Crippen LogP contribution in [0.15, 0.2) is 30.6 Å². The molecule has 1 fully saturated rings. The number of ether oxygens (including phenoxy) is 2. The summed E-state index contributed by atoms with van der Waals surface area (Å²) in [4.78, 5) is 29.1. The number of rotatable bonds is 3. The molecule has 0 spiro atoms. The molecule has 2 aliphatic heterocycles. The van der Waals surface area contributed by atoms with E-state index in [1.54, 1.807) is 11.1 Å². The van der Waals surface area contributed by atoms with Gasteiger partial charge in [0, 0.05) is 30.6 Å².